The lowest BCUT2D eigenvalue weighted by Crippen LogP contribution is -2.38. The molecule has 1 saturated heterocycles. The number of rotatable bonds is 4. The van der Waals surface area contributed by atoms with Crippen LogP contribution < -0.4 is 16.1 Å². The molecule has 4 rings (SSSR count). The number of nitrogens with zero attached hydrogens (tertiary/aromatic N) is 3. The van der Waals surface area contributed by atoms with Gasteiger partial charge in [-0.25, -0.2) is 4.98 Å². The second kappa shape index (κ2) is 7.70. The first-order valence-corrected chi connectivity index (χ1v) is 8.98. The Hall–Kier alpha value is -2.38. The van der Waals surface area contributed by atoms with E-state index in [1.54, 1.807) is 6.07 Å². The summed E-state index contributed by atoms with van der Waals surface area (Å²) in [7, 11) is -0.873. The number of nitrogens with one attached hydrogen (secondary N) is 2. The molecule has 3 heterocycles. The molecule has 2 aliphatic heterocycles. The number of hydrogen-bond donors (Lipinski definition) is 3. The standard InChI is InChI=1S/C17H17BClN5O3/c19-14-7-21-17(22-12-1-2-13-11(5-12)8-27-18(13)25)24-16(14)23-15-9-26-4-3-10(15)6-20/h1-2,5,7,10,15,25H,3-4,8-9H2,(H2,21,22,23,24)/t10-,15+/m0/s1. The third-order valence-electron chi connectivity index (χ3n) is 4.65. The smallest absolute Gasteiger partial charge is 0.423 e. The molecule has 10 heteroatoms. The molecule has 0 radical (unpaired) electrons. The van der Waals surface area contributed by atoms with Gasteiger partial charge in [0.05, 0.1) is 37.4 Å². The summed E-state index contributed by atoms with van der Waals surface area (Å²) in [5, 5.41) is 25.7. The average molecular weight is 386 g/mol. The molecule has 3 N–H and O–H groups in total. The van der Waals surface area contributed by atoms with Crippen LogP contribution in [0.1, 0.15) is 12.0 Å². The number of hydrogen-bond acceptors (Lipinski definition) is 8. The first-order valence-electron chi connectivity index (χ1n) is 8.60. The summed E-state index contributed by atoms with van der Waals surface area (Å²) >= 11 is 6.22. The number of nitriles is 1. The summed E-state index contributed by atoms with van der Waals surface area (Å²) < 4.78 is 10.7. The topological polar surface area (TPSA) is 112 Å². The maximum absolute atomic E-state index is 9.70. The van der Waals surface area contributed by atoms with E-state index in [4.69, 9.17) is 21.0 Å². The number of benzene rings is 1. The van der Waals surface area contributed by atoms with Gasteiger partial charge in [0.25, 0.3) is 0 Å². The van der Waals surface area contributed by atoms with Crippen LogP contribution in [0.2, 0.25) is 5.02 Å². The Morgan fingerprint density at radius 2 is 2.30 bits per heavy atom. The van der Waals surface area contributed by atoms with Crippen LogP contribution in [0.25, 0.3) is 0 Å². The van der Waals surface area contributed by atoms with E-state index in [2.05, 4.69) is 26.7 Å². The predicted molar refractivity (Wildman–Crippen MR) is 101 cm³/mol. The highest BCUT2D eigenvalue weighted by molar-refractivity contribution is 6.61. The monoisotopic (exact) mass is 385 g/mol. The minimum absolute atomic E-state index is 0.163. The van der Waals surface area contributed by atoms with Crippen molar-refractivity contribution >= 4 is 41.6 Å². The Morgan fingerprint density at radius 1 is 1.41 bits per heavy atom. The minimum Gasteiger partial charge on any atom is -0.423 e. The van der Waals surface area contributed by atoms with Gasteiger partial charge >= 0.3 is 7.12 Å². The zero-order chi connectivity index (χ0) is 18.8. The Morgan fingerprint density at radius 3 is 3.15 bits per heavy atom. The molecule has 0 aliphatic carbocycles. The summed E-state index contributed by atoms with van der Waals surface area (Å²) in [6.07, 6.45) is 2.18. The molecular formula is C17H17BClN5O3. The SMILES string of the molecule is N#C[C@@H]1CCOC[C@H]1Nc1nc(Nc2ccc3c(c2)COB3O)ncc1Cl. The number of fused-ring (bicyclic) bond motifs is 1. The normalized spacial score (nSPS) is 21.4. The van der Waals surface area contributed by atoms with E-state index in [0.717, 1.165) is 16.7 Å². The number of halogens is 1. The van der Waals surface area contributed by atoms with Crippen molar-refractivity contribution in [3.8, 4) is 6.07 Å². The molecule has 1 aromatic heterocycles. The lowest BCUT2D eigenvalue weighted by molar-refractivity contribution is 0.0698. The largest absolute Gasteiger partial charge is 0.491 e. The summed E-state index contributed by atoms with van der Waals surface area (Å²) in [4.78, 5) is 8.63. The Labute approximate surface area is 161 Å². The fourth-order valence-electron chi connectivity index (χ4n) is 3.18. The molecule has 138 valence electrons. The van der Waals surface area contributed by atoms with E-state index in [9.17, 15) is 10.3 Å². The van der Waals surface area contributed by atoms with Crippen LogP contribution in [-0.2, 0) is 16.0 Å². The van der Waals surface area contributed by atoms with Gasteiger partial charge < -0.3 is 25.0 Å². The maximum Gasteiger partial charge on any atom is 0.491 e. The summed E-state index contributed by atoms with van der Waals surface area (Å²) in [5.74, 6) is 0.653. The molecule has 1 fully saturated rings. The highest BCUT2D eigenvalue weighted by atomic mass is 35.5. The average Bonchev–Trinajstić information content (AvgIpc) is 3.05. The van der Waals surface area contributed by atoms with Crippen molar-refractivity contribution in [2.24, 2.45) is 5.92 Å². The molecule has 2 aliphatic rings. The number of ether oxygens (including phenoxy) is 1. The molecule has 0 saturated carbocycles. The van der Waals surface area contributed by atoms with Crippen molar-refractivity contribution in [1.29, 1.82) is 5.26 Å². The number of aromatic nitrogens is 2. The first kappa shape index (κ1) is 18.0. The zero-order valence-electron chi connectivity index (χ0n) is 14.4. The lowest BCUT2D eigenvalue weighted by Gasteiger charge is -2.28. The predicted octanol–water partition coefficient (Wildman–Crippen LogP) is 1.43. The van der Waals surface area contributed by atoms with Crippen LogP contribution in [0, 0.1) is 17.2 Å². The van der Waals surface area contributed by atoms with E-state index < -0.39 is 7.12 Å². The van der Waals surface area contributed by atoms with Crippen LogP contribution in [0.15, 0.2) is 24.4 Å². The van der Waals surface area contributed by atoms with E-state index >= 15 is 0 Å². The fourth-order valence-corrected chi connectivity index (χ4v) is 3.32. The Kier molecular flexibility index (Phi) is 5.14. The molecule has 0 unspecified atom stereocenters. The van der Waals surface area contributed by atoms with Crippen molar-refractivity contribution < 1.29 is 14.4 Å². The van der Waals surface area contributed by atoms with Gasteiger partial charge in [-0.1, -0.05) is 17.7 Å². The quantitative estimate of drug-likeness (QED) is 0.678. The third-order valence-corrected chi connectivity index (χ3v) is 4.93. The zero-order valence-corrected chi connectivity index (χ0v) is 15.1. The Bertz CT molecular complexity index is 893. The van der Waals surface area contributed by atoms with E-state index in [1.165, 1.54) is 6.20 Å². The molecule has 1 aromatic carbocycles. The van der Waals surface area contributed by atoms with Crippen molar-refractivity contribution in [2.75, 3.05) is 23.8 Å². The highest BCUT2D eigenvalue weighted by Crippen LogP contribution is 2.26. The van der Waals surface area contributed by atoms with Gasteiger partial charge in [0.15, 0.2) is 5.82 Å². The van der Waals surface area contributed by atoms with Crippen molar-refractivity contribution in [3.05, 3.63) is 35.0 Å². The summed E-state index contributed by atoms with van der Waals surface area (Å²) in [5.41, 5.74) is 2.45. The highest BCUT2D eigenvalue weighted by Gasteiger charge is 2.28. The minimum atomic E-state index is -0.873. The van der Waals surface area contributed by atoms with Gasteiger partial charge in [0.2, 0.25) is 5.95 Å². The van der Waals surface area contributed by atoms with Crippen molar-refractivity contribution in [1.82, 2.24) is 9.97 Å². The second-order valence-electron chi connectivity index (χ2n) is 6.44. The number of anilines is 3. The van der Waals surface area contributed by atoms with E-state index in [-0.39, 0.29) is 12.0 Å². The van der Waals surface area contributed by atoms with Crippen LogP contribution in [0.3, 0.4) is 0 Å². The van der Waals surface area contributed by atoms with E-state index in [1.807, 2.05) is 12.1 Å². The molecule has 27 heavy (non-hydrogen) atoms. The molecular weight excluding hydrogens is 368 g/mol. The maximum atomic E-state index is 9.70. The third kappa shape index (κ3) is 3.84. The van der Waals surface area contributed by atoms with Crippen LogP contribution >= 0.6 is 11.6 Å². The lowest BCUT2D eigenvalue weighted by atomic mass is 9.79. The first-order chi connectivity index (χ1) is 13.1. The second-order valence-corrected chi connectivity index (χ2v) is 6.85. The van der Waals surface area contributed by atoms with Gasteiger partial charge in [-0.2, -0.15) is 10.2 Å². The van der Waals surface area contributed by atoms with Gasteiger partial charge in [-0.3, -0.25) is 0 Å². The molecule has 2 atom stereocenters. The van der Waals surface area contributed by atoms with Crippen molar-refractivity contribution in [3.63, 3.8) is 0 Å². The summed E-state index contributed by atoms with van der Waals surface area (Å²) in [6, 6.07) is 7.64. The fraction of sp³-hybridized carbons (Fsp3) is 0.353. The summed E-state index contributed by atoms with van der Waals surface area (Å²) in [6.45, 7) is 1.36. The van der Waals surface area contributed by atoms with Crippen LogP contribution in [-0.4, -0.2) is 41.4 Å². The van der Waals surface area contributed by atoms with E-state index in [0.29, 0.717) is 43.0 Å². The van der Waals surface area contributed by atoms with Gasteiger partial charge in [-0.15, -0.1) is 0 Å². The molecule has 2 aromatic rings. The molecule has 0 amide bonds. The van der Waals surface area contributed by atoms with Crippen molar-refractivity contribution in [2.45, 2.75) is 19.1 Å². The molecule has 0 spiro atoms. The van der Waals surface area contributed by atoms with Gasteiger partial charge in [-0.05, 0) is 29.6 Å². The molecule has 8 nitrogen and oxygen atoms in total. The van der Waals surface area contributed by atoms with Crippen LogP contribution in [0.5, 0.6) is 0 Å². The van der Waals surface area contributed by atoms with Crippen LogP contribution in [0.4, 0.5) is 17.5 Å². The molecule has 0 bridgehead atoms. The Balaban J connectivity index is 1.51. The van der Waals surface area contributed by atoms with Gasteiger partial charge in [0.1, 0.15) is 5.02 Å². The van der Waals surface area contributed by atoms with Gasteiger partial charge in [0, 0.05) is 12.3 Å².